The monoisotopic (exact) mass is 594 g/mol. The summed E-state index contributed by atoms with van der Waals surface area (Å²) in [5.41, 5.74) is 0.623. The minimum Gasteiger partial charge on any atom is -0.465 e. The number of nitrogens with two attached hydrogens (primary N) is 1. The van der Waals surface area contributed by atoms with E-state index >= 15 is 0 Å². The number of hydrogen-bond acceptors (Lipinski definition) is 8. The molecule has 3 aromatic rings. The molecule has 0 saturated carbocycles. The number of sulfonamides is 2. The fourth-order valence-corrected chi connectivity index (χ4v) is 8.04. The minimum atomic E-state index is -3.97. The number of nitrogens with zero attached hydrogens (tertiary/aromatic N) is 3. The van der Waals surface area contributed by atoms with Gasteiger partial charge in [0.2, 0.25) is 20.0 Å². The smallest absolute Gasteiger partial charge is 0.326 e. The van der Waals surface area contributed by atoms with E-state index in [9.17, 15) is 26.4 Å². The molecule has 0 bridgehead atoms. The van der Waals surface area contributed by atoms with E-state index in [2.05, 4.69) is 4.99 Å². The normalized spacial score (nSPS) is 19.3. The number of amides is 1. The molecule has 1 aliphatic heterocycles. The van der Waals surface area contributed by atoms with Crippen molar-refractivity contribution < 1.29 is 31.2 Å². The second-order valence-corrected chi connectivity index (χ2v) is 14.2. The first-order valence-electron chi connectivity index (χ1n) is 12.3. The van der Waals surface area contributed by atoms with E-state index in [-0.39, 0.29) is 45.1 Å². The molecule has 1 fully saturated rings. The Balaban J connectivity index is 1.69. The second-order valence-electron chi connectivity index (χ2n) is 9.66. The molecule has 0 unspecified atom stereocenters. The molecule has 0 radical (unpaired) electrons. The summed E-state index contributed by atoms with van der Waals surface area (Å²) < 4.78 is 58.4. The standard InChI is InChI=1S/C25H30N4O7S3/c1-4-36-23(30)15-29-21-10-9-20(38(26,32)33)12-22(21)37-25(29)27-24(31)18-5-7-19(8-6-18)39(34,35)28-13-16(2)11-17(3)14-28/h5-10,12,16-17H,4,11,13-15H2,1-3H3,(H2,26,32,33)/t16-,17+. The van der Waals surface area contributed by atoms with Crippen LogP contribution in [0.5, 0.6) is 0 Å². The Bertz CT molecular complexity index is 1680. The van der Waals surface area contributed by atoms with Crippen molar-refractivity contribution >= 4 is 53.5 Å². The van der Waals surface area contributed by atoms with Crippen LogP contribution in [-0.4, -0.2) is 57.3 Å². The molecule has 39 heavy (non-hydrogen) atoms. The number of thiazole rings is 1. The zero-order chi connectivity index (χ0) is 28.5. The Kier molecular flexibility index (Phi) is 8.42. The average molecular weight is 595 g/mol. The van der Waals surface area contributed by atoms with E-state index in [4.69, 9.17) is 9.88 Å². The van der Waals surface area contributed by atoms with Gasteiger partial charge in [0.15, 0.2) is 4.80 Å². The fraction of sp³-hybridized carbons (Fsp3) is 0.400. The van der Waals surface area contributed by atoms with Gasteiger partial charge in [0.05, 0.1) is 26.6 Å². The summed E-state index contributed by atoms with van der Waals surface area (Å²) in [6.07, 6.45) is 0.970. The van der Waals surface area contributed by atoms with Crippen LogP contribution in [0.1, 0.15) is 37.6 Å². The van der Waals surface area contributed by atoms with Gasteiger partial charge in [0.1, 0.15) is 6.54 Å². The lowest BCUT2D eigenvalue weighted by molar-refractivity contribution is -0.143. The van der Waals surface area contributed by atoms with E-state index in [1.165, 1.54) is 51.3 Å². The van der Waals surface area contributed by atoms with Crippen LogP contribution in [0.4, 0.5) is 0 Å². The van der Waals surface area contributed by atoms with Crippen molar-refractivity contribution in [1.29, 1.82) is 0 Å². The Labute approximate surface area is 231 Å². The lowest BCUT2D eigenvalue weighted by Gasteiger charge is -2.34. The van der Waals surface area contributed by atoms with E-state index in [1.807, 2.05) is 13.8 Å². The minimum absolute atomic E-state index is 0.0927. The van der Waals surface area contributed by atoms with Crippen molar-refractivity contribution in [2.45, 2.75) is 43.5 Å². The topological polar surface area (TPSA) is 158 Å². The molecule has 1 aromatic heterocycles. The number of ether oxygens (including phenoxy) is 1. The highest BCUT2D eigenvalue weighted by Gasteiger charge is 2.31. The molecule has 1 saturated heterocycles. The van der Waals surface area contributed by atoms with Crippen LogP contribution >= 0.6 is 11.3 Å². The van der Waals surface area contributed by atoms with Crippen molar-refractivity contribution in [3.05, 3.63) is 52.8 Å². The van der Waals surface area contributed by atoms with Crippen LogP contribution in [0.2, 0.25) is 0 Å². The number of rotatable bonds is 7. The van der Waals surface area contributed by atoms with E-state index in [0.717, 1.165) is 17.8 Å². The summed E-state index contributed by atoms with van der Waals surface area (Å²) in [6.45, 7) is 6.52. The molecule has 2 N–H and O–H groups in total. The van der Waals surface area contributed by atoms with Crippen LogP contribution in [0.3, 0.4) is 0 Å². The molecule has 210 valence electrons. The summed E-state index contributed by atoms with van der Waals surface area (Å²) in [6, 6.07) is 9.71. The van der Waals surface area contributed by atoms with Gasteiger partial charge in [0.25, 0.3) is 5.91 Å². The van der Waals surface area contributed by atoms with Gasteiger partial charge >= 0.3 is 5.97 Å². The summed E-state index contributed by atoms with van der Waals surface area (Å²) in [4.78, 5) is 29.6. The quantitative estimate of drug-likeness (QED) is 0.411. The Morgan fingerprint density at radius 3 is 2.23 bits per heavy atom. The van der Waals surface area contributed by atoms with E-state index in [0.29, 0.717) is 23.3 Å². The van der Waals surface area contributed by atoms with Crippen molar-refractivity contribution in [1.82, 2.24) is 8.87 Å². The predicted octanol–water partition coefficient (Wildman–Crippen LogP) is 2.32. The fourth-order valence-electron chi connectivity index (χ4n) is 4.68. The Morgan fingerprint density at radius 1 is 1.03 bits per heavy atom. The van der Waals surface area contributed by atoms with Gasteiger partial charge < -0.3 is 9.30 Å². The molecular weight excluding hydrogens is 564 g/mol. The van der Waals surface area contributed by atoms with Crippen LogP contribution in [0.15, 0.2) is 57.2 Å². The van der Waals surface area contributed by atoms with Crippen molar-refractivity contribution in [2.75, 3.05) is 19.7 Å². The zero-order valence-corrected chi connectivity index (χ0v) is 24.2. The molecule has 2 heterocycles. The molecule has 11 nitrogen and oxygen atoms in total. The van der Waals surface area contributed by atoms with Crippen molar-refractivity contribution in [2.24, 2.45) is 22.0 Å². The zero-order valence-electron chi connectivity index (χ0n) is 21.7. The maximum atomic E-state index is 13.2. The third kappa shape index (κ3) is 6.47. The predicted molar refractivity (Wildman–Crippen MR) is 146 cm³/mol. The molecular formula is C25H30N4O7S3. The first kappa shape index (κ1) is 29.1. The van der Waals surface area contributed by atoms with Gasteiger partial charge in [-0.3, -0.25) is 9.59 Å². The lowest BCUT2D eigenvalue weighted by Crippen LogP contribution is -2.42. The highest BCUT2D eigenvalue weighted by molar-refractivity contribution is 7.89. The van der Waals surface area contributed by atoms with Crippen LogP contribution in [0, 0.1) is 11.8 Å². The van der Waals surface area contributed by atoms with Crippen LogP contribution < -0.4 is 9.94 Å². The number of hydrogen-bond donors (Lipinski definition) is 1. The average Bonchev–Trinajstić information content (AvgIpc) is 3.19. The van der Waals surface area contributed by atoms with Gasteiger partial charge in [-0.05, 0) is 67.6 Å². The number of carbonyl (C=O) groups is 2. The summed E-state index contributed by atoms with van der Waals surface area (Å²) in [7, 11) is -7.68. The summed E-state index contributed by atoms with van der Waals surface area (Å²) in [5, 5.41) is 5.25. The van der Waals surface area contributed by atoms with Gasteiger partial charge in [-0.1, -0.05) is 25.2 Å². The van der Waals surface area contributed by atoms with Crippen molar-refractivity contribution in [3.63, 3.8) is 0 Å². The first-order valence-corrected chi connectivity index (χ1v) is 16.1. The number of primary sulfonamides is 1. The summed E-state index contributed by atoms with van der Waals surface area (Å²) >= 11 is 1.01. The Hall–Kier alpha value is -2.91. The summed E-state index contributed by atoms with van der Waals surface area (Å²) in [5.74, 6) is -0.703. The third-order valence-electron chi connectivity index (χ3n) is 6.35. The van der Waals surface area contributed by atoms with E-state index in [1.54, 1.807) is 6.92 Å². The molecule has 0 spiro atoms. The molecule has 1 aliphatic rings. The number of benzene rings is 2. The first-order chi connectivity index (χ1) is 18.3. The molecule has 2 atom stereocenters. The molecule has 1 amide bonds. The number of esters is 1. The number of piperidine rings is 1. The number of fused-ring (bicyclic) bond motifs is 1. The SMILES string of the molecule is CCOC(=O)Cn1c(=NC(=O)c2ccc(S(=O)(=O)N3C[C@H](C)C[C@H](C)C3)cc2)sc2cc(S(N)(=O)=O)ccc21. The highest BCUT2D eigenvalue weighted by atomic mass is 32.2. The van der Waals surface area contributed by atoms with Gasteiger partial charge in [-0.25, -0.2) is 22.0 Å². The lowest BCUT2D eigenvalue weighted by atomic mass is 9.94. The molecule has 2 aromatic carbocycles. The number of carbonyl (C=O) groups excluding carboxylic acids is 2. The van der Waals surface area contributed by atoms with Gasteiger partial charge in [0, 0.05) is 18.7 Å². The van der Waals surface area contributed by atoms with Gasteiger partial charge in [-0.2, -0.15) is 9.30 Å². The molecule has 0 aliphatic carbocycles. The third-order valence-corrected chi connectivity index (χ3v) is 10.1. The van der Waals surface area contributed by atoms with Gasteiger partial charge in [-0.15, -0.1) is 0 Å². The van der Waals surface area contributed by atoms with Crippen LogP contribution in [0.25, 0.3) is 10.2 Å². The number of aromatic nitrogens is 1. The maximum absolute atomic E-state index is 13.2. The highest BCUT2D eigenvalue weighted by Crippen LogP contribution is 2.27. The van der Waals surface area contributed by atoms with Crippen LogP contribution in [-0.2, 0) is 36.1 Å². The Morgan fingerprint density at radius 2 is 1.64 bits per heavy atom. The maximum Gasteiger partial charge on any atom is 0.326 e. The van der Waals surface area contributed by atoms with Crippen molar-refractivity contribution in [3.8, 4) is 0 Å². The molecule has 4 rings (SSSR count). The second kappa shape index (κ2) is 11.3. The largest absolute Gasteiger partial charge is 0.465 e. The molecule has 14 heteroatoms. The van der Waals surface area contributed by atoms with E-state index < -0.39 is 31.9 Å².